The van der Waals surface area contributed by atoms with Crippen molar-refractivity contribution in [2.45, 2.75) is 25.3 Å². The van der Waals surface area contributed by atoms with Gasteiger partial charge in [0.15, 0.2) is 0 Å². The van der Waals surface area contributed by atoms with E-state index >= 15 is 0 Å². The van der Waals surface area contributed by atoms with E-state index < -0.39 is 10.0 Å². The average Bonchev–Trinajstić information content (AvgIpc) is 2.40. The SMILES string of the molecule is Cc1ccc(S(=O)(=O)NCCn2ncccc2=O)c(C)c1. The molecule has 0 aliphatic rings. The van der Waals surface area contributed by atoms with Crippen LogP contribution in [0, 0.1) is 13.8 Å². The molecule has 0 fully saturated rings. The van der Waals surface area contributed by atoms with Crippen LogP contribution in [-0.2, 0) is 16.6 Å². The highest BCUT2D eigenvalue weighted by molar-refractivity contribution is 7.89. The highest BCUT2D eigenvalue weighted by atomic mass is 32.2. The minimum absolute atomic E-state index is 0.104. The fourth-order valence-corrected chi connectivity index (χ4v) is 3.27. The fraction of sp³-hybridized carbons (Fsp3) is 0.286. The molecule has 2 rings (SSSR count). The Bertz CT molecular complexity index is 797. The zero-order valence-electron chi connectivity index (χ0n) is 11.9. The molecule has 0 amide bonds. The molecule has 0 radical (unpaired) electrons. The summed E-state index contributed by atoms with van der Waals surface area (Å²) in [5.41, 5.74) is 1.44. The molecule has 2 aromatic rings. The van der Waals surface area contributed by atoms with Gasteiger partial charge in [-0.3, -0.25) is 4.79 Å². The van der Waals surface area contributed by atoms with Crippen molar-refractivity contribution < 1.29 is 8.42 Å². The number of aromatic nitrogens is 2. The van der Waals surface area contributed by atoms with Gasteiger partial charge in [-0.1, -0.05) is 17.7 Å². The molecule has 1 aromatic carbocycles. The van der Waals surface area contributed by atoms with Crippen LogP contribution < -0.4 is 10.3 Å². The molecule has 0 aliphatic carbocycles. The molecule has 0 saturated heterocycles. The van der Waals surface area contributed by atoms with Gasteiger partial charge < -0.3 is 0 Å². The lowest BCUT2D eigenvalue weighted by Gasteiger charge is -2.10. The molecule has 112 valence electrons. The number of aryl methyl sites for hydroxylation is 2. The van der Waals surface area contributed by atoms with Crippen LogP contribution in [0.25, 0.3) is 0 Å². The van der Waals surface area contributed by atoms with Gasteiger partial charge in [0.25, 0.3) is 5.56 Å². The fourth-order valence-electron chi connectivity index (χ4n) is 2.02. The van der Waals surface area contributed by atoms with Crippen molar-refractivity contribution in [3.05, 3.63) is 58.0 Å². The molecular formula is C14H17N3O3S. The van der Waals surface area contributed by atoms with Gasteiger partial charge >= 0.3 is 0 Å². The first kappa shape index (κ1) is 15.4. The van der Waals surface area contributed by atoms with E-state index in [0.717, 1.165) is 5.56 Å². The lowest BCUT2D eigenvalue weighted by molar-refractivity contribution is 0.547. The lowest BCUT2D eigenvalue weighted by Crippen LogP contribution is -2.31. The first-order valence-corrected chi connectivity index (χ1v) is 7.97. The maximum atomic E-state index is 12.2. The van der Waals surface area contributed by atoms with E-state index in [2.05, 4.69) is 9.82 Å². The third-order valence-corrected chi connectivity index (χ3v) is 4.64. The van der Waals surface area contributed by atoms with Gasteiger partial charge in [-0.2, -0.15) is 5.10 Å². The van der Waals surface area contributed by atoms with Crippen molar-refractivity contribution in [3.63, 3.8) is 0 Å². The Balaban J connectivity index is 2.08. The highest BCUT2D eigenvalue weighted by Crippen LogP contribution is 2.15. The Morgan fingerprint density at radius 2 is 2.00 bits per heavy atom. The summed E-state index contributed by atoms with van der Waals surface area (Å²) in [4.78, 5) is 11.7. The van der Waals surface area contributed by atoms with Crippen molar-refractivity contribution >= 4 is 10.0 Å². The number of rotatable bonds is 5. The Kier molecular flexibility index (Phi) is 4.54. The second-order valence-corrected chi connectivity index (χ2v) is 6.49. The van der Waals surface area contributed by atoms with Crippen molar-refractivity contribution in [3.8, 4) is 0 Å². The first-order chi connectivity index (χ1) is 9.90. The number of hydrogen-bond donors (Lipinski definition) is 1. The number of nitrogens with one attached hydrogen (secondary N) is 1. The van der Waals surface area contributed by atoms with Crippen LogP contribution >= 0.6 is 0 Å². The van der Waals surface area contributed by atoms with Gasteiger partial charge in [-0.25, -0.2) is 17.8 Å². The van der Waals surface area contributed by atoms with Crippen LogP contribution in [0.4, 0.5) is 0 Å². The first-order valence-electron chi connectivity index (χ1n) is 6.49. The van der Waals surface area contributed by atoms with Crippen molar-refractivity contribution in [1.82, 2.24) is 14.5 Å². The molecule has 0 aliphatic heterocycles. The predicted octanol–water partition coefficient (Wildman–Crippen LogP) is 0.839. The Labute approximate surface area is 123 Å². The zero-order valence-corrected chi connectivity index (χ0v) is 12.7. The topological polar surface area (TPSA) is 81.1 Å². The quantitative estimate of drug-likeness (QED) is 0.887. The Morgan fingerprint density at radius 3 is 2.67 bits per heavy atom. The van der Waals surface area contributed by atoms with E-state index in [4.69, 9.17) is 0 Å². The third-order valence-electron chi connectivity index (χ3n) is 3.02. The summed E-state index contributed by atoms with van der Waals surface area (Å²) >= 11 is 0. The Hall–Kier alpha value is -1.99. The van der Waals surface area contributed by atoms with E-state index in [1.807, 2.05) is 13.0 Å². The molecule has 1 heterocycles. The third kappa shape index (κ3) is 3.77. The van der Waals surface area contributed by atoms with Gasteiger partial charge in [0, 0.05) is 18.8 Å². The molecule has 0 atom stereocenters. The van der Waals surface area contributed by atoms with Gasteiger partial charge in [-0.15, -0.1) is 0 Å². The molecule has 6 nitrogen and oxygen atoms in total. The summed E-state index contributed by atoms with van der Waals surface area (Å²) in [5.74, 6) is 0. The van der Waals surface area contributed by atoms with Gasteiger partial charge in [-0.05, 0) is 31.5 Å². The molecule has 21 heavy (non-hydrogen) atoms. The molecule has 1 N–H and O–H groups in total. The minimum atomic E-state index is -3.58. The average molecular weight is 307 g/mol. The largest absolute Gasteiger partial charge is 0.268 e. The van der Waals surface area contributed by atoms with E-state index in [0.29, 0.717) is 5.56 Å². The van der Waals surface area contributed by atoms with Crippen molar-refractivity contribution in [1.29, 1.82) is 0 Å². The summed E-state index contributed by atoms with van der Waals surface area (Å²) in [6.45, 7) is 3.95. The summed E-state index contributed by atoms with van der Waals surface area (Å²) < 4.78 is 28.1. The monoisotopic (exact) mass is 307 g/mol. The second kappa shape index (κ2) is 6.19. The Morgan fingerprint density at radius 1 is 1.24 bits per heavy atom. The molecule has 0 spiro atoms. The number of sulfonamides is 1. The maximum Gasteiger partial charge on any atom is 0.266 e. The predicted molar refractivity (Wildman–Crippen MR) is 79.6 cm³/mol. The molecular weight excluding hydrogens is 290 g/mol. The van der Waals surface area contributed by atoms with E-state index in [-0.39, 0.29) is 23.5 Å². The summed E-state index contributed by atoms with van der Waals surface area (Å²) in [6.07, 6.45) is 1.49. The van der Waals surface area contributed by atoms with E-state index in [1.54, 1.807) is 25.1 Å². The van der Waals surface area contributed by atoms with E-state index in [1.165, 1.54) is 16.9 Å². The maximum absolute atomic E-state index is 12.2. The minimum Gasteiger partial charge on any atom is -0.268 e. The van der Waals surface area contributed by atoms with E-state index in [9.17, 15) is 13.2 Å². The molecule has 0 bridgehead atoms. The summed E-state index contributed by atoms with van der Waals surface area (Å²) in [7, 11) is -3.58. The summed E-state index contributed by atoms with van der Waals surface area (Å²) in [5, 5.41) is 3.87. The normalized spacial score (nSPS) is 11.5. The second-order valence-electron chi connectivity index (χ2n) is 4.75. The van der Waals surface area contributed by atoms with Crippen molar-refractivity contribution in [2.75, 3.05) is 6.54 Å². The van der Waals surface area contributed by atoms with Crippen LogP contribution in [0.1, 0.15) is 11.1 Å². The van der Waals surface area contributed by atoms with Crippen LogP contribution in [0.5, 0.6) is 0 Å². The number of nitrogens with zero attached hydrogens (tertiary/aromatic N) is 2. The molecule has 7 heteroatoms. The smallest absolute Gasteiger partial charge is 0.266 e. The molecule has 0 unspecified atom stereocenters. The van der Waals surface area contributed by atoms with Crippen molar-refractivity contribution in [2.24, 2.45) is 0 Å². The lowest BCUT2D eigenvalue weighted by atomic mass is 10.2. The number of hydrogen-bond acceptors (Lipinski definition) is 4. The summed E-state index contributed by atoms with van der Waals surface area (Å²) in [6, 6.07) is 8.08. The zero-order chi connectivity index (χ0) is 15.5. The van der Waals surface area contributed by atoms with Crippen LogP contribution in [0.3, 0.4) is 0 Å². The van der Waals surface area contributed by atoms with Crippen LogP contribution in [0.15, 0.2) is 46.2 Å². The van der Waals surface area contributed by atoms with Gasteiger partial charge in [0.1, 0.15) is 0 Å². The van der Waals surface area contributed by atoms with Gasteiger partial charge in [0.05, 0.1) is 11.4 Å². The number of benzene rings is 1. The highest BCUT2D eigenvalue weighted by Gasteiger charge is 2.16. The molecule has 1 aromatic heterocycles. The molecule has 0 saturated carbocycles. The van der Waals surface area contributed by atoms with Gasteiger partial charge in [0.2, 0.25) is 10.0 Å². The van der Waals surface area contributed by atoms with Crippen LogP contribution in [0.2, 0.25) is 0 Å². The standard InChI is InChI=1S/C14H17N3O3S/c1-11-5-6-13(12(2)10-11)21(19,20)16-8-9-17-14(18)4-3-7-15-17/h3-7,10,16H,8-9H2,1-2H3. The van der Waals surface area contributed by atoms with Crippen LogP contribution in [-0.4, -0.2) is 24.7 Å².